The first-order chi connectivity index (χ1) is 8.39. The van der Waals surface area contributed by atoms with Gasteiger partial charge >= 0.3 is 0 Å². The van der Waals surface area contributed by atoms with E-state index in [1.165, 1.54) is 0 Å². The number of nitrogens with two attached hydrogens (primary N) is 1. The van der Waals surface area contributed by atoms with Gasteiger partial charge in [0, 0.05) is 12.1 Å². The normalized spacial score (nSPS) is 19.9. The zero-order valence-electron chi connectivity index (χ0n) is 10.7. The van der Waals surface area contributed by atoms with Crippen LogP contribution in [0.3, 0.4) is 0 Å². The van der Waals surface area contributed by atoms with Crippen molar-refractivity contribution in [3.8, 4) is 0 Å². The standard InChI is InChI=1S/C12H19N3O2S/c1-12(2)8-5-9-15(12)18(16,17)11-7-4-3-6-10(11)14-13/h3-4,6-7,14H,5,8-9,13H2,1-2H3. The Morgan fingerprint density at radius 2 is 2.00 bits per heavy atom. The number of benzene rings is 1. The molecule has 1 fully saturated rings. The Balaban J connectivity index is 2.49. The second-order valence-electron chi connectivity index (χ2n) is 5.13. The van der Waals surface area contributed by atoms with Crippen LogP contribution in [0.15, 0.2) is 29.2 Å². The number of sulfonamides is 1. The fourth-order valence-corrected chi connectivity index (χ4v) is 4.46. The molecule has 3 N–H and O–H groups in total. The van der Waals surface area contributed by atoms with Gasteiger partial charge in [0.05, 0.1) is 5.69 Å². The topological polar surface area (TPSA) is 75.4 Å². The van der Waals surface area contributed by atoms with Gasteiger partial charge in [-0.1, -0.05) is 12.1 Å². The van der Waals surface area contributed by atoms with Crippen molar-refractivity contribution in [3.63, 3.8) is 0 Å². The van der Waals surface area contributed by atoms with Crippen molar-refractivity contribution in [1.82, 2.24) is 4.31 Å². The summed E-state index contributed by atoms with van der Waals surface area (Å²) in [5.74, 6) is 5.38. The monoisotopic (exact) mass is 269 g/mol. The van der Waals surface area contributed by atoms with Crippen molar-refractivity contribution in [2.75, 3.05) is 12.0 Å². The van der Waals surface area contributed by atoms with Crippen molar-refractivity contribution in [2.24, 2.45) is 5.84 Å². The van der Waals surface area contributed by atoms with Gasteiger partial charge in [0.2, 0.25) is 10.0 Å². The summed E-state index contributed by atoms with van der Waals surface area (Å²) < 4.78 is 26.9. The van der Waals surface area contributed by atoms with Gasteiger partial charge < -0.3 is 5.43 Å². The van der Waals surface area contributed by atoms with Crippen LogP contribution in [0, 0.1) is 0 Å². The van der Waals surface area contributed by atoms with Gasteiger partial charge in [-0.25, -0.2) is 8.42 Å². The molecule has 0 saturated carbocycles. The fourth-order valence-electron chi connectivity index (χ4n) is 2.46. The molecule has 18 heavy (non-hydrogen) atoms. The zero-order valence-corrected chi connectivity index (χ0v) is 11.5. The molecule has 100 valence electrons. The third kappa shape index (κ3) is 2.11. The summed E-state index contributed by atoms with van der Waals surface area (Å²) in [5.41, 5.74) is 2.54. The smallest absolute Gasteiger partial charge is 0.245 e. The number of hydrogen-bond acceptors (Lipinski definition) is 4. The molecule has 0 aliphatic carbocycles. The van der Waals surface area contributed by atoms with Crippen LogP contribution in [0.1, 0.15) is 26.7 Å². The lowest BCUT2D eigenvalue weighted by molar-refractivity contribution is 0.292. The van der Waals surface area contributed by atoms with Crippen molar-refractivity contribution in [3.05, 3.63) is 24.3 Å². The molecule has 0 bridgehead atoms. The highest BCUT2D eigenvalue weighted by atomic mass is 32.2. The molecule has 5 nitrogen and oxygen atoms in total. The third-order valence-corrected chi connectivity index (χ3v) is 5.60. The molecule has 0 aromatic heterocycles. The summed E-state index contributed by atoms with van der Waals surface area (Å²) in [6.45, 7) is 4.47. The summed E-state index contributed by atoms with van der Waals surface area (Å²) >= 11 is 0. The highest BCUT2D eigenvalue weighted by Gasteiger charge is 2.41. The maximum atomic E-state index is 12.7. The number of nitrogens with zero attached hydrogens (tertiary/aromatic N) is 1. The van der Waals surface area contributed by atoms with E-state index in [1.807, 2.05) is 13.8 Å². The Bertz CT molecular complexity index is 540. The van der Waals surface area contributed by atoms with Crippen molar-refractivity contribution in [1.29, 1.82) is 0 Å². The quantitative estimate of drug-likeness (QED) is 0.644. The van der Waals surface area contributed by atoms with E-state index >= 15 is 0 Å². The molecule has 0 atom stereocenters. The van der Waals surface area contributed by atoms with Gasteiger partial charge in [0.1, 0.15) is 4.90 Å². The van der Waals surface area contributed by atoms with Gasteiger partial charge in [0.25, 0.3) is 0 Å². The molecule has 1 saturated heterocycles. The minimum absolute atomic E-state index is 0.238. The molecule has 6 heteroatoms. The minimum atomic E-state index is -3.50. The van der Waals surface area contributed by atoms with E-state index in [2.05, 4.69) is 5.43 Å². The van der Waals surface area contributed by atoms with Gasteiger partial charge in [-0.05, 0) is 38.8 Å². The van der Waals surface area contributed by atoms with Crippen LogP contribution in [-0.4, -0.2) is 24.8 Å². The van der Waals surface area contributed by atoms with E-state index in [0.29, 0.717) is 12.2 Å². The number of rotatable bonds is 3. The van der Waals surface area contributed by atoms with E-state index in [4.69, 9.17) is 5.84 Å². The summed E-state index contributed by atoms with van der Waals surface area (Å²) in [7, 11) is -3.50. The molecular weight excluding hydrogens is 250 g/mol. The number of hydrogen-bond donors (Lipinski definition) is 2. The van der Waals surface area contributed by atoms with Gasteiger partial charge in [-0.15, -0.1) is 0 Å². The van der Waals surface area contributed by atoms with Crippen LogP contribution in [0.4, 0.5) is 5.69 Å². The predicted octanol–water partition coefficient (Wildman–Crippen LogP) is 1.54. The van der Waals surface area contributed by atoms with Crippen LogP contribution in [-0.2, 0) is 10.0 Å². The fraction of sp³-hybridized carbons (Fsp3) is 0.500. The molecule has 0 spiro atoms. The highest BCUT2D eigenvalue weighted by molar-refractivity contribution is 7.89. The second-order valence-corrected chi connectivity index (χ2v) is 6.96. The maximum absolute atomic E-state index is 12.7. The zero-order chi connectivity index (χ0) is 13.4. The number of anilines is 1. The molecular formula is C12H19N3O2S. The van der Waals surface area contributed by atoms with Crippen molar-refractivity contribution >= 4 is 15.7 Å². The van der Waals surface area contributed by atoms with Gasteiger partial charge in [0.15, 0.2) is 0 Å². The minimum Gasteiger partial charge on any atom is -0.323 e. The lowest BCUT2D eigenvalue weighted by Crippen LogP contribution is -2.42. The highest BCUT2D eigenvalue weighted by Crippen LogP contribution is 2.35. The molecule has 0 amide bonds. The average Bonchev–Trinajstić information content (AvgIpc) is 2.69. The summed E-state index contributed by atoms with van der Waals surface area (Å²) in [5, 5.41) is 0. The Hall–Kier alpha value is -1.11. The molecule has 1 aliphatic heterocycles. The SMILES string of the molecule is CC1(C)CCCN1S(=O)(=O)c1ccccc1NN. The van der Waals surface area contributed by atoms with Crippen LogP contribution < -0.4 is 11.3 Å². The molecule has 1 aliphatic rings. The lowest BCUT2D eigenvalue weighted by Gasteiger charge is -2.31. The first-order valence-electron chi connectivity index (χ1n) is 5.98. The lowest BCUT2D eigenvalue weighted by atomic mass is 10.0. The Kier molecular flexibility index (Phi) is 3.35. The Morgan fingerprint density at radius 3 is 2.56 bits per heavy atom. The number of hydrazine groups is 1. The van der Waals surface area contributed by atoms with E-state index in [-0.39, 0.29) is 10.4 Å². The third-order valence-electron chi connectivity index (χ3n) is 3.44. The predicted molar refractivity (Wildman–Crippen MR) is 71.5 cm³/mol. The molecule has 1 heterocycles. The number of nitrogen functional groups attached to an aromatic ring is 1. The average molecular weight is 269 g/mol. The maximum Gasteiger partial charge on any atom is 0.245 e. The van der Waals surface area contributed by atoms with Crippen LogP contribution in [0.25, 0.3) is 0 Å². The van der Waals surface area contributed by atoms with Crippen molar-refractivity contribution < 1.29 is 8.42 Å². The van der Waals surface area contributed by atoms with Gasteiger partial charge in [-0.3, -0.25) is 5.84 Å². The second kappa shape index (κ2) is 4.53. The van der Waals surface area contributed by atoms with Crippen molar-refractivity contribution in [2.45, 2.75) is 37.1 Å². The molecule has 1 aromatic rings. The van der Waals surface area contributed by atoms with Crippen LogP contribution in [0.5, 0.6) is 0 Å². The van der Waals surface area contributed by atoms with Gasteiger partial charge in [-0.2, -0.15) is 4.31 Å². The molecule has 2 rings (SSSR count). The molecule has 0 radical (unpaired) electrons. The van der Waals surface area contributed by atoms with E-state index < -0.39 is 10.0 Å². The Labute approximate surface area is 108 Å². The largest absolute Gasteiger partial charge is 0.323 e. The first-order valence-corrected chi connectivity index (χ1v) is 7.42. The summed E-state index contributed by atoms with van der Waals surface area (Å²) in [4.78, 5) is 0.238. The molecule has 1 aromatic carbocycles. The van der Waals surface area contributed by atoms with E-state index in [0.717, 1.165) is 12.8 Å². The van der Waals surface area contributed by atoms with E-state index in [1.54, 1.807) is 28.6 Å². The number of nitrogens with one attached hydrogen (secondary N) is 1. The van der Waals surface area contributed by atoms with E-state index in [9.17, 15) is 8.42 Å². The first kappa shape index (κ1) is 13.3. The Morgan fingerprint density at radius 1 is 1.33 bits per heavy atom. The van der Waals surface area contributed by atoms with Crippen LogP contribution in [0.2, 0.25) is 0 Å². The number of para-hydroxylation sites is 1. The summed E-state index contributed by atoms with van der Waals surface area (Å²) in [6, 6.07) is 6.70. The summed E-state index contributed by atoms with van der Waals surface area (Å²) in [6.07, 6.45) is 1.77. The molecule has 0 unspecified atom stereocenters. The van der Waals surface area contributed by atoms with Crippen LogP contribution >= 0.6 is 0 Å².